The van der Waals surface area contributed by atoms with Crippen LogP contribution in [0, 0.1) is 0 Å². The van der Waals surface area contributed by atoms with Crippen LogP contribution in [0.3, 0.4) is 0 Å². The van der Waals surface area contributed by atoms with Gasteiger partial charge in [-0.3, -0.25) is 14.2 Å². The van der Waals surface area contributed by atoms with Crippen LogP contribution in [-0.2, 0) is 7.05 Å². The number of carbonyl (C=O) groups is 1. The Bertz CT molecular complexity index is 760. The number of amides is 1. The Morgan fingerprint density at radius 2 is 2.05 bits per heavy atom. The van der Waals surface area contributed by atoms with Crippen LogP contribution < -0.4 is 5.56 Å². The minimum Gasteiger partial charge on any atom is -0.339 e. The molecule has 0 atom stereocenters. The third kappa shape index (κ3) is 2.51. The van der Waals surface area contributed by atoms with Crippen molar-refractivity contribution in [1.29, 1.82) is 0 Å². The molecule has 0 bridgehead atoms. The summed E-state index contributed by atoms with van der Waals surface area (Å²) in [4.78, 5) is 31.2. The largest absolute Gasteiger partial charge is 0.339 e. The van der Waals surface area contributed by atoms with Gasteiger partial charge in [-0.1, -0.05) is 19.3 Å². The Labute approximate surface area is 129 Å². The van der Waals surface area contributed by atoms with Gasteiger partial charge in [-0.25, -0.2) is 4.98 Å². The zero-order valence-corrected chi connectivity index (χ0v) is 13.1. The molecular formula is C17H21N3O2. The van der Waals surface area contributed by atoms with Crippen LogP contribution in [0.1, 0.15) is 42.5 Å². The molecule has 1 fully saturated rings. The molecule has 0 saturated heterocycles. The number of rotatable bonds is 2. The lowest BCUT2D eigenvalue weighted by Crippen LogP contribution is -2.41. The first kappa shape index (κ1) is 14.8. The Hall–Kier alpha value is -2.17. The summed E-state index contributed by atoms with van der Waals surface area (Å²) in [6, 6.07) is 5.60. The van der Waals surface area contributed by atoms with E-state index in [1.54, 1.807) is 24.2 Å². The average molecular weight is 299 g/mol. The fraction of sp³-hybridized carbons (Fsp3) is 0.471. The molecule has 116 valence electrons. The van der Waals surface area contributed by atoms with Gasteiger partial charge in [-0.2, -0.15) is 0 Å². The van der Waals surface area contributed by atoms with Gasteiger partial charge < -0.3 is 4.90 Å². The number of hydrogen-bond donors (Lipinski definition) is 0. The van der Waals surface area contributed by atoms with Crippen molar-refractivity contribution in [3.8, 4) is 0 Å². The van der Waals surface area contributed by atoms with E-state index in [1.165, 1.54) is 11.0 Å². The summed E-state index contributed by atoms with van der Waals surface area (Å²) in [5, 5.41) is 0.810. The second-order valence-corrected chi connectivity index (χ2v) is 6.05. The first-order chi connectivity index (χ1) is 10.6. The molecule has 2 heterocycles. The van der Waals surface area contributed by atoms with Crippen molar-refractivity contribution in [2.45, 2.75) is 38.1 Å². The summed E-state index contributed by atoms with van der Waals surface area (Å²) in [7, 11) is 3.47. The van der Waals surface area contributed by atoms with Crippen LogP contribution in [0.15, 0.2) is 29.2 Å². The maximum atomic E-state index is 12.8. The summed E-state index contributed by atoms with van der Waals surface area (Å²) < 4.78 is 1.46. The number of nitrogens with zero attached hydrogens (tertiary/aromatic N) is 3. The van der Waals surface area contributed by atoms with Crippen molar-refractivity contribution in [3.63, 3.8) is 0 Å². The molecule has 0 radical (unpaired) electrons. The van der Waals surface area contributed by atoms with Gasteiger partial charge in [0.05, 0.1) is 0 Å². The second-order valence-electron chi connectivity index (χ2n) is 6.05. The lowest BCUT2D eigenvalue weighted by Gasteiger charge is -2.31. The van der Waals surface area contributed by atoms with Gasteiger partial charge >= 0.3 is 0 Å². The van der Waals surface area contributed by atoms with E-state index < -0.39 is 0 Å². The van der Waals surface area contributed by atoms with Crippen LogP contribution in [0.25, 0.3) is 11.0 Å². The summed E-state index contributed by atoms with van der Waals surface area (Å²) in [5.74, 6) is -0.182. The molecule has 5 heteroatoms. The van der Waals surface area contributed by atoms with E-state index in [0.717, 1.165) is 31.1 Å². The third-order valence-corrected chi connectivity index (χ3v) is 4.64. The molecule has 0 aliphatic heterocycles. The van der Waals surface area contributed by atoms with Crippen LogP contribution in [0.5, 0.6) is 0 Å². The lowest BCUT2D eigenvalue weighted by molar-refractivity contribution is 0.0694. The Morgan fingerprint density at radius 1 is 1.32 bits per heavy atom. The average Bonchev–Trinajstić information content (AvgIpc) is 2.57. The SMILES string of the molecule is CN(C(=O)c1cc2cccnc2n(C)c1=O)C1CCCCC1. The van der Waals surface area contributed by atoms with Gasteiger partial charge in [-0.15, -0.1) is 0 Å². The van der Waals surface area contributed by atoms with Gasteiger partial charge in [-0.05, 0) is 31.0 Å². The van der Waals surface area contributed by atoms with E-state index in [4.69, 9.17) is 0 Å². The summed E-state index contributed by atoms with van der Waals surface area (Å²) in [5.41, 5.74) is 0.555. The molecule has 0 spiro atoms. The molecule has 0 unspecified atom stereocenters. The molecule has 1 aliphatic rings. The summed E-state index contributed by atoms with van der Waals surface area (Å²) >= 11 is 0. The minimum atomic E-state index is -0.279. The van der Waals surface area contributed by atoms with E-state index >= 15 is 0 Å². The first-order valence-corrected chi connectivity index (χ1v) is 7.81. The Kier molecular flexibility index (Phi) is 3.96. The smallest absolute Gasteiger partial charge is 0.264 e. The van der Waals surface area contributed by atoms with Crippen LogP contribution >= 0.6 is 0 Å². The van der Waals surface area contributed by atoms with Crippen molar-refractivity contribution in [3.05, 3.63) is 40.3 Å². The Balaban J connectivity index is 2.00. The van der Waals surface area contributed by atoms with Crippen molar-refractivity contribution in [1.82, 2.24) is 14.5 Å². The van der Waals surface area contributed by atoms with Crippen LogP contribution in [0.4, 0.5) is 0 Å². The van der Waals surface area contributed by atoms with E-state index in [0.29, 0.717) is 5.65 Å². The second kappa shape index (κ2) is 5.91. The highest BCUT2D eigenvalue weighted by atomic mass is 16.2. The van der Waals surface area contributed by atoms with Gasteiger partial charge in [0, 0.05) is 31.7 Å². The number of hydrogen-bond acceptors (Lipinski definition) is 3. The van der Waals surface area contributed by atoms with Crippen molar-refractivity contribution < 1.29 is 4.79 Å². The molecule has 1 amide bonds. The number of aryl methyl sites for hydroxylation is 1. The topological polar surface area (TPSA) is 55.2 Å². The molecule has 1 saturated carbocycles. The normalized spacial score (nSPS) is 15.9. The molecule has 3 rings (SSSR count). The maximum absolute atomic E-state index is 12.8. The van der Waals surface area contributed by atoms with E-state index in [9.17, 15) is 9.59 Å². The number of carbonyl (C=O) groups excluding carboxylic acids is 1. The van der Waals surface area contributed by atoms with Gasteiger partial charge in [0.1, 0.15) is 11.2 Å². The van der Waals surface area contributed by atoms with Gasteiger partial charge in [0.2, 0.25) is 0 Å². The highest BCUT2D eigenvalue weighted by molar-refractivity contribution is 5.96. The van der Waals surface area contributed by atoms with Gasteiger partial charge in [0.15, 0.2) is 0 Å². The molecule has 0 aromatic carbocycles. The van der Waals surface area contributed by atoms with Crippen LogP contribution in [-0.4, -0.2) is 33.4 Å². The van der Waals surface area contributed by atoms with Crippen molar-refractivity contribution in [2.24, 2.45) is 7.05 Å². The number of fused-ring (bicyclic) bond motifs is 1. The van der Waals surface area contributed by atoms with Gasteiger partial charge in [0.25, 0.3) is 11.5 Å². The zero-order chi connectivity index (χ0) is 15.7. The Morgan fingerprint density at radius 3 is 2.77 bits per heavy atom. The first-order valence-electron chi connectivity index (χ1n) is 7.81. The standard InChI is InChI=1S/C17H21N3O2/c1-19(13-8-4-3-5-9-13)16(21)14-11-12-7-6-10-18-15(12)20(2)17(14)22/h6-7,10-11,13H,3-5,8-9H2,1-2H3. The van der Waals surface area contributed by atoms with E-state index in [-0.39, 0.29) is 23.1 Å². The van der Waals surface area contributed by atoms with Crippen LogP contribution in [0.2, 0.25) is 0 Å². The number of pyridine rings is 2. The maximum Gasteiger partial charge on any atom is 0.264 e. The molecule has 22 heavy (non-hydrogen) atoms. The predicted molar refractivity (Wildman–Crippen MR) is 86.0 cm³/mol. The molecule has 2 aromatic rings. The van der Waals surface area contributed by atoms with Crippen molar-refractivity contribution in [2.75, 3.05) is 7.05 Å². The highest BCUT2D eigenvalue weighted by Crippen LogP contribution is 2.22. The lowest BCUT2D eigenvalue weighted by atomic mass is 9.94. The fourth-order valence-electron chi connectivity index (χ4n) is 3.27. The van der Waals surface area contributed by atoms with E-state index in [1.807, 2.05) is 19.2 Å². The zero-order valence-electron chi connectivity index (χ0n) is 13.1. The minimum absolute atomic E-state index is 0.182. The molecular weight excluding hydrogens is 278 g/mol. The summed E-state index contributed by atoms with van der Waals surface area (Å²) in [6.45, 7) is 0. The molecule has 2 aromatic heterocycles. The molecule has 1 aliphatic carbocycles. The summed E-state index contributed by atoms with van der Waals surface area (Å²) in [6.07, 6.45) is 7.25. The fourth-order valence-corrected chi connectivity index (χ4v) is 3.27. The molecule has 5 nitrogen and oxygen atoms in total. The molecule has 0 N–H and O–H groups in total. The van der Waals surface area contributed by atoms with Crippen molar-refractivity contribution >= 4 is 16.9 Å². The number of aromatic nitrogens is 2. The van der Waals surface area contributed by atoms with E-state index in [2.05, 4.69) is 4.98 Å². The monoisotopic (exact) mass is 299 g/mol. The quantitative estimate of drug-likeness (QED) is 0.855. The highest BCUT2D eigenvalue weighted by Gasteiger charge is 2.25. The predicted octanol–water partition coefficient (Wildman–Crippen LogP) is 2.34. The third-order valence-electron chi connectivity index (χ3n) is 4.64.